The number of aliphatic hydroxyl groups is 2. The molecule has 2 aromatic carbocycles. The van der Waals surface area contributed by atoms with E-state index in [-0.39, 0.29) is 29.2 Å². The van der Waals surface area contributed by atoms with Gasteiger partial charge in [-0.2, -0.15) is 0 Å². The van der Waals surface area contributed by atoms with Crippen LogP contribution in [0.1, 0.15) is 24.0 Å². The zero-order valence-corrected chi connectivity index (χ0v) is 14.1. The normalized spacial score (nSPS) is 12.2. The quantitative estimate of drug-likeness (QED) is 0.222. The lowest BCUT2D eigenvalue weighted by molar-refractivity contribution is -0.174. The Morgan fingerprint density at radius 3 is 2.16 bits per heavy atom. The van der Waals surface area contributed by atoms with E-state index in [1.165, 1.54) is 18.2 Å². The fraction of sp³-hybridized carbons (Fsp3) is 0.250. The van der Waals surface area contributed by atoms with Gasteiger partial charge in [0.1, 0.15) is 11.5 Å². The molecule has 0 aliphatic rings. The van der Waals surface area contributed by atoms with Crippen molar-refractivity contribution in [1.29, 1.82) is 0 Å². The molecule has 0 saturated carbocycles. The molecule has 0 radical (unpaired) electrons. The number of rotatable bonds is 7. The predicted octanol–water partition coefficient (Wildman–Crippen LogP) is 1.76. The molecule has 0 bridgehead atoms. The number of phenols is 2. The largest absolute Gasteiger partial charge is 0.508 e. The molecule has 0 atom stereocenters. The van der Waals surface area contributed by atoms with E-state index in [2.05, 4.69) is 0 Å². The summed E-state index contributed by atoms with van der Waals surface area (Å²) in [6.07, 6.45) is 0.721. The topological polar surface area (TPSA) is 150 Å². The van der Waals surface area contributed by atoms with E-state index in [0.717, 1.165) is 17.7 Å². The molecule has 0 heterocycles. The predicted molar refractivity (Wildman–Crippen MR) is 90.9 cm³/mol. The lowest BCUT2D eigenvalue weighted by Gasteiger charge is -2.25. The Balaban J connectivity index is 2.13. The Hall–Kier alpha value is -2.09. The second-order valence-corrected chi connectivity index (χ2v) is 7.03. The van der Waals surface area contributed by atoms with Gasteiger partial charge in [-0.25, -0.2) is 4.57 Å². The fourth-order valence-corrected chi connectivity index (χ4v) is 2.96. The molecule has 0 fully saturated rings. The molecular weight excluding hydrogens is 349 g/mol. The number of nitrogens with one attached hydrogen (secondary N) is 1. The number of anilines is 1. The molecule has 7 N–H and O–H groups in total. The maximum atomic E-state index is 11.1. The molecule has 25 heavy (non-hydrogen) atoms. The molecular formula is C16H20NO7P. The van der Waals surface area contributed by atoms with Gasteiger partial charge in [0.2, 0.25) is 0 Å². The number of aromatic hydroxyl groups is 2. The summed E-state index contributed by atoms with van der Waals surface area (Å²) in [5.74, 6) is -2.53. The van der Waals surface area contributed by atoms with E-state index in [9.17, 15) is 25.0 Å². The zero-order valence-electron chi connectivity index (χ0n) is 13.2. The van der Waals surface area contributed by atoms with E-state index in [4.69, 9.17) is 9.79 Å². The van der Waals surface area contributed by atoms with Crippen molar-refractivity contribution in [2.24, 2.45) is 0 Å². The molecule has 0 aliphatic carbocycles. The van der Waals surface area contributed by atoms with Crippen LogP contribution in [0.5, 0.6) is 11.5 Å². The Bertz CT molecular complexity index is 771. The molecule has 136 valence electrons. The second kappa shape index (κ2) is 7.43. The standard InChI is InChI=1S/C16H20NO7P/c18-12-5-3-11(4-6-12)2-1-9-16(20,21)14-10-13(19)7-8-15(14)17-25(22,23)24/h3-8,10,18-21H,1-2,9H2,(H3,17,22,23,24). The Morgan fingerprint density at radius 2 is 1.56 bits per heavy atom. The average Bonchev–Trinajstić information content (AvgIpc) is 2.49. The van der Waals surface area contributed by atoms with E-state index in [1.807, 2.05) is 5.09 Å². The first-order valence-electron chi connectivity index (χ1n) is 7.47. The minimum atomic E-state index is -4.66. The van der Waals surface area contributed by atoms with Crippen molar-refractivity contribution in [3.63, 3.8) is 0 Å². The van der Waals surface area contributed by atoms with Gasteiger partial charge in [-0.1, -0.05) is 12.1 Å². The first kappa shape index (κ1) is 19.2. The third-order valence-corrected chi connectivity index (χ3v) is 4.16. The summed E-state index contributed by atoms with van der Waals surface area (Å²) in [7, 11) is -4.66. The van der Waals surface area contributed by atoms with Crippen molar-refractivity contribution < 1.29 is 34.8 Å². The highest BCUT2D eigenvalue weighted by Crippen LogP contribution is 2.41. The van der Waals surface area contributed by atoms with Crippen LogP contribution in [0, 0.1) is 0 Å². The van der Waals surface area contributed by atoms with Crippen LogP contribution in [0.4, 0.5) is 5.69 Å². The molecule has 8 nitrogen and oxygen atoms in total. The molecule has 0 spiro atoms. The number of hydrogen-bond acceptors (Lipinski definition) is 5. The van der Waals surface area contributed by atoms with Crippen LogP contribution >= 0.6 is 7.75 Å². The molecule has 0 amide bonds. The van der Waals surface area contributed by atoms with Crippen LogP contribution in [0.15, 0.2) is 42.5 Å². The van der Waals surface area contributed by atoms with Gasteiger partial charge in [-0.3, -0.25) is 5.09 Å². The van der Waals surface area contributed by atoms with Crippen molar-refractivity contribution in [3.8, 4) is 11.5 Å². The van der Waals surface area contributed by atoms with Crippen molar-refractivity contribution in [1.82, 2.24) is 0 Å². The summed E-state index contributed by atoms with van der Waals surface area (Å²) in [6.45, 7) is 0. The SMILES string of the molecule is O=P(O)(O)Nc1ccc(O)cc1C(O)(O)CCCc1ccc(O)cc1. The van der Waals surface area contributed by atoms with Gasteiger partial charge in [-0.05, 0) is 48.7 Å². The molecule has 0 saturated heterocycles. The number of aryl methyl sites for hydroxylation is 1. The molecule has 0 aromatic heterocycles. The van der Waals surface area contributed by atoms with Crippen LogP contribution in [0.3, 0.4) is 0 Å². The summed E-state index contributed by atoms with van der Waals surface area (Å²) >= 11 is 0. The van der Waals surface area contributed by atoms with Crippen LogP contribution in [-0.4, -0.2) is 30.2 Å². The van der Waals surface area contributed by atoms with Crippen LogP contribution in [0.2, 0.25) is 0 Å². The third-order valence-electron chi connectivity index (χ3n) is 3.63. The smallest absolute Gasteiger partial charge is 0.427 e. The maximum Gasteiger partial charge on any atom is 0.427 e. The van der Waals surface area contributed by atoms with Gasteiger partial charge in [-0.15, -0.1) is 0 Å². The van der Waals surface area contributed by atoms with E-state index in [0.29, 0.717) is 12.8 Å². The van der Waals surface area contributed by atoms with Gasteiger partial charge in [0.15, 0.2) is 5.79 Å². The lowest BCUT2D eigenvalue weighted by Crippen LogP contribution is -2.26. The van der Waals surface area contributed by atoms with Crippen molar-refractivity contribution in [2.75, 3.05) is 5.09 Å². The molecule has 0 aliphatic heterocycles. The highest BCUT2D eigenvalue weighted by molar-refractivity contribution is 7.53. The Labute approximate surface area is 144 Å². The van der Waals surface area contributed by atoms with E-state index < -0.39 is 13.5 Å². The van der Waals surface area contributed by atoms with Gasteiger partial charge in [0.05, 0.1) is 5.69 Å². The number of phenolic OH excluding ortho intramolecular Hbond substituents is 2. The lowest BCUT2D eigenvalue weighted by atomic mass is 9.96. The monoisotopic (exact) mass is 369 g/mol. The minimum Gasteiger partial charge on any atom is -0.508 e. The molecule has 9 heteroatoms. The van der Waals surface area contributed by atoms with E-state index in [1.54, 1.807) is 12.1 Å². The summed E-state index contributed by atoms with van der Waals surface area (Å²) in [5, 5.41) is 41.3. The summed E-state index contributed by atoms with van der Waals surface area (Å²) in [5.41, 5.74) is 0.473. The van der Waals surface area contributed by atoms with E-state index >= 15 is 0 Å². The van der Waals surface area contributed by atoms with Crippen molar-refractivity contribution in [2.45, 2.75) is 25.0 Å². The third kappa shape index (κ3) is 5.74. The van der Waals surface area contributed by atoms with Crippen molar-refractivity contribution in [3.05, 3.63) is 53.6 Å². The Kier molecular flexibility index (Phi) is 5.72. The maximum absolute atomic E-state index is 11.1. The highest BCUT2D eigenvalue weighted by atomic mass is 31.2. The van der Waals surface area contributed by atoms with Gasteiger partial charge in [0.25, 0.3) is 0 Å². The van der Waals surface area contributed by atoms with Crippen LogP contribution in [-0.2, 0) is 16.8 Å². The molecule has 2 rings (SSSR count). The molecule has 0 unspecified atom stereocenters. The van der Waals surface area contributed by atoms with Gasteiger partial charge >= 0.3 is 7.75 Å². The van der Waals surface area contributed by atoms with Crippen molar-refractivity contribution >= 4 is 13.4 Å². The second-order valence-electron chi connectivity index (χ2n) is 5.72. The first-order chi connectivity index (χ1) is 11.6. The average molecular weight is 369 g/mol. The Morgan fingerprint density at radius 1 is 0.960 bits per heavy atom. The number of hydrogen-bond donors (Lipinski definition) is 7. The first-order valence-corrected chi connectivity index (χ1v) is 9.08. The fourth-order valence-electron chi connectivity index (χ4n) is 2.45. The summed E-state index contributed by atoms with van der Waals surface area (Å²) in [6, 6.07) is 9.84. The van der Waals surface area contributed by atoms with Gasteiger partial charge in [0, 0.05) is 12.0 Å². The van der Waals surface area contributed by atoms with Crippen LogP contribution in [0.25, 0.3) is 0 Å². The zero-order chi connectivity index (χ0) is 18.7. The minimum absolute atomic E-state index is 0.132. The summed E-state index contributed by atoms with van der Waals surface area (Å²) in [4.78, 5) is 18.1. The summed E-state index contributed by atoms with van der Waals surface area (Å²) < 4.78 is 11.1. The van der Waals surface area contributed by atoms with Crippen LogP contribution < -0.4 is 5.09 Å². The highest BCUT2D eigenvalue weighted by Gasteiger charge is 2.30. The van der Waals surface area contributed by atoms with Gasteiger partial charge < -0.3 is 30.2 Å². The number of benzene rings is 2. The molecule has 2 aromatic rings.